The van der Waals surface area contributed by atoms with Crippen LogP contribution in [0.15, 0.2) is 48.8 Å². The Labute approximate surface area is 180 Å². The maximum absolute atomic E-state index is 13.2. The van der Waals surface area contributed by atoms with Gasteiger partial charge in [-0.15, -0.1) is 0 Å². The summed E-state index contributed by atoms with van der Waals surface area (Å²) in [5, 5.41) is 0. The molecule has 2 saturated heterocycles. The quantitative estimate of drug-likeness (QED) is 0.741. The van der Waals surface area contributed by atoms with Gasteiger partial charge >= 0.3 is 6.18 Å². The molecule has 0 unspecified atom stereocenters. The molecular formula is C23H27F3N4O. The van der Waals surface area contributed by atoms with Crippen molar-refractivity contribution in [3.05, 3.63) is 65.5 Å². The third kappa shape index (κ3) is 5.25. The maximum Gasteiger partial charge on any atom is 0.416 e. The zero-order chi connectivity index (χ0) is 21.8. The number of nitrogens with zero attached hydrogens (tertiary/aromatic N) is 4. The summed E-state index contributed by atoms with van der Waals surface area (Å²) in [5.74, 6) is 0.0275. The molecule has 2 aromatic rings. The number of benzene rings is 1. The minimum atomic E-state index is -4.32. The van der Waals surface area contributed by atoms with Gasteiger partial charge in [0.25, 0.3) is 5.91 Å². The number of alkyl halides is 3. The number of likely N-dealkylation sites (tertiary alicyclic amines) is 1. The SMILES string of the molecule is O=C(c1cccnc1)N1CCC(N2CCN(Cc3ccccc3C(F)(F)F)CC2)CC1. The number of aromatic nitrogens is 1. The van der Waals surface area contributed by atoms with Crippen molar-refractivity contribution in [3.63, 3.8) is 0 Å². The fraction of sp³-hybridized carbons (Fsp3) is 0.478. The second-order valence-corrected chi connectivity index (χ2v) is 8.23. The average molecular weight is 432 g/mol. The van der Waals surface area contributed by atoms with Gasteiger partial charge in [0.05, 0.1) is 11.1 Å². The fourth-order valence-corrected chi connectivity index (χ4v) is 4.57. The van der Waals surface area contributed by atoms with E-state index in [1.54, 1.807) is 36.7 Å². The largest absolute Gasteiger partial charge is 0.416 e. The highest BCUT2D eigenvalue weighted by molar-refractivity contribution is 5.93. The maximum atomic E-state index is 13.2. The number of piperazine rings is 1. The first-order valence-corrected chi connectivity index (χ1v) is 10.7. The molecule has 166 valence electrons. The number of rotatable bonds is 4. The average Bonchev–Trinajstić information content (AvgIpc) is 2.79. The number of pyridine rings is 1. The van der Waals surface area contributed by atoms with E-state index in [0.717, 1.165) is 58.2 Å². The van der Waals surface area contributed by atoms with Crippen LogP contribution in [0.2, 0.25) is 0 Å². The van der Waals surface area contributed by atoms with Gasteiger partial charge in [-0.2, -0.15) is 13.2 Å². The van der Waals surface area contributed by atoms with Crippen molar-refractivity contribution in [2.45, 2.75) is 31.6 Å². The number of carbonyl (C=O) groups excluding carboxylic acids is 1. The molecule has 0 bridgehead atoms. The van der Waals surface area contributed by atoms with Gasteiger partial charge in [0.1, 0.15) is 0 Å². The predicted octanol–water partition coefficient (Wildman–Crippen LogP) is 3.52. The molecule has 2 aliphatic rings. The van der Waals surface area contributed by atoms with Crippen LogP contribution in [0.4, 0.5) is 13.2 Å². The van der Waals surface area contributed by atoms with Gasteiger partial charge < -0.3 is 4.90 Å². The van der Waals surface area contributed by atoms with Crippen molar-refractivity contribution in [2.24, 2.45) is 0 Å². The van der Waals surface area contributed by atoms with Gasteiger partial charge in [0.2, 0.25) is 0 Å². The predicted molar refractivity (Wildman–Crippen MR) is 111 cm³/mol. The normalized spacial score (nSPS) is 19.5. The summed E-state index contributed by atoms with van der Waals surface area (Å²) >= 11 is 0. The number of hydrogen-bond donors (Lipinski definition) is 0. The van der Waals surface area contributed by atoms with Crippen LogP contribution in [0.5, 0.6) is 0 Å². The standard InChI is InChI=1S/C23H27F3N4O/c24-23(25,26)21-6-2-1-4-19(21)17-28-12-14-29(15-13-28)20-7-10-30(11-8-20)22(31)18-5-3-9-27-16-18/h1-6,9,16,20H,7-8,10-15,17H2. The van der Waals surface area contributed by atoms with E-state index < -0.39 is 11.7 Å². The highest BCUT2D eigenvalue weighted by Crippen LogP contribution is 2.32. The van der Waals surface area contributed by atoms with Crippen LogP contribution in [-0.4, -0.2) is 70.9 Å². The second-order valence-electron chi connectivity index (χ2n) is 8.23. The van der Waals surface area contributed by atoms with Crippen molar-refractivity contribution < 1.29 is 18.0 Å². The Kier molecular flexibility index (Phi) is 6.57. The molecule has 0 N–H and O–H groups in total. The minimum Gasteiger partial charge on any atom is -0.338 e. The van der Waals surface area contributed by atoms with Crippen LogP contribution in [0, 0.1) is 0 Å². The highest BCUT2D eigenvalue weighted by Gasteiger charge is 2.34. The molecule has 0 spiro atoms. The highest BCUT2D eigenvalue weighted by atomic mass is 19.4. The zero-order valence-corrected chi connectivity index (χ0v) is 17.4. The molecule has 8 heteroatoms. The van der Waals surface area contributed by atoms with E-state index in [2.05, 4.69) is 14.8 Å². The van der Waals surface area contributed by atoms with Gasteiger partial charge in [0.15, 0.2) is 0 Å². The van der Waals surface area contributed by atoms with Crippen LogP contribution in [0.3, 0.4) is 0 Å². The lowest BCUT2D eigenvalue weighted by Crippen LogP contribution is -2.53. The molecule has 0 radical (unpaired) electrons. The third-order valence-corrected chi connectivity index (χ3v) is 6.30. The molecule has 2 fully saturated rings. The molecule has 3 heterocycles. The lowest BCUT2D eigenvalue weighted by Gasteiger charge is -2.43. The van der Waals surface area contributed by atoms with Gasteiger partial charge in [-0.25, -0.2) is 0 Å². The van der Waals surface area contributed by atoms with Gasteiger partial charge in [-0.3, -0.25) is 19.6 Å². The summed E-state index contributed by atoms with van der Waals surface area (Å²) in [6, 6.07) is 9.82. The molecule has 1 amide bonds. The summed E-state index contributed by atoms with van der Waals surface area (Å²) in [6.07, 6.45) is 0.778. The Morgan fingerprint density at radius 2 is 1.68 bits per heavy atom. The van der Waals surface area contributed by atoms with Gasteiger partial charge in [-0.1, -0.05) is 18.2 Å². The first-order chi connectivity index (χ1) is 14.9. The van der Waals surface area contributed by atoms with Crippen LogP contribution in [0.1, 0.15) is 34.3 Å². The fourth-order valence-electron chi connectivity index (χ4n) is 4.57. The summed E-state index contributed by atoms with van der Waals surface area (Å²) in [5.41, 5.74) is 0.419. The Bertz CT molecular complexity index is 874. The third-order valence-electron chi connectivity index (χ3n) is 6.30. The molecule has 2 aliphatic heterocycles. The molecule has 0 saturated carbocycles. The Balaban J connectivity index is 1.26. The number of halogens is 3. The molecule has 0 aliphatic carbocycles. The number of amides is 1. The lowest BCUT2D eigenvalue weighted by molar-refractivity contribution is -0.138. The molecule has 1 aromatic carbocycles. The number of hydrogen-bond acceptors (Lipinski definition) is 4. The van der Waals surface area contributed by atoms with Crippen molar-refractivity contribution in [1.29, 1.82) is 0 Å². The van der Waals surface area contributed by atoms with E-state index in [-0.39, 0.29) is 5.91 Å². The van der Waals surface area contributed by atoms with Crippen molar-refractivity contribution >= 4 is 5.91 Å². The molecule has 31 heavy (non-hydrogen) atoms. The topological polar surface area (TPSA) is 39.7 Å². The van der Waals surface area contributed by atoms with E-state index in [4.69, 9.17) is 0 Å². The Morgan fingerprint density at radius 1 is 0.968 bits per heavy atom. The van der Waals surface area contributed by atoms with Gasteiger partial charge in [-0.05, 0) is 36.6 Å². The van der Waals surface area contributed by atoms with E-state index in [9.17, 15) is 18.0 Å². The summed E-state index contributed by atoms with van der Waals surface area (Å²) in [4.78, 5) is 23.0. The zero-order valence-electron chi connectivity index (χ0n) is 17.4. The first-order valence-electron chi connectivity index (χ1n) is 10.7. The first kappa shape index (κ1) is 21.8. The van der Waals surface area contributed by atoms with Crippen LogP contribution in [-0.2, 0) is 12.7 Å². The van der Waals surface area contributed by atoms with Crippen molar-refractivity contribution in [3.8, 4) is 0 Å². The van der Waals surface area contributed by atoms with E-state index in [0.29, 0.717) is 23.7 Å². The Morgan fingerprint density at radius 3 is 2.32 bits per heavy atom. The van der Waals surface area contributed by atoms with E-state index in [1.807, 2.05) is 4.90 Å². The summed E-state index contributed by atoms with van der Waals surface area (Å²) < 4.78 is 39.7. The summed E-state index contributed by atoms with van der Waals surface area (Å²) in [6.45, 7) is 4.95. The molecule has 5 nitrogen and oxygen atoms in total. The molecule has 0 atom stereocenters. The minimum absolute atomic E-state index is 0.0275. The number of piperidine rings is 1. The van der Waals surface area contributed by atoms with E-state index in [1.165, 1.54) is 6.07 Å². The molecule has 1 aromatic heterocycles. The lowest BCUT2D eigenvalue weighted by atomic mass is 10.0. The van der Waals surface area contributed by atoms with Crippen LogP contribution < -0.4 is 0 Å². The van der Waals surface area contributed by atoms with Crippen molar-refractivity contribution in [1.82, 2.24) is 19.7 Å². The van der Waals surface area contributed by atoms with Crippen LogP contribution >= 0.6 is 0 Å². The molecule has 4 rings (SSSR count). The number of carbonyl (C=O) groups is 1. The van der Waals surface area contributed by atoms with Crippen LogP contribution in [0.25, 0.3) is 0 Å². The second kappa shape index (κ2) is 9.36. The summed E-state index contributed by atoms with van der Waals surface area (Å²) in [7, 11) is 0. The van der Waals surface area contributed by atoms with E-state index >= 15 is 0 Å². The van der Waals surface area contributed by atoms with Gasteiger partial charge in [0, 0.05) is 64.2 Å². The molecular weight excluding hydrogens is 405 g/mol. The Hall–Kier alpha value is -2.45. The van der Waals surface area contributed by atoms with Crippen molar-refractivity contribution in [2.75, 3.05) is 39.3 Å². The monoisotopic (exact) mass is 432 g/mol. The smallest absolute Gasteiger partial charge is 0.338 e.